The first-order valence-electron chi connectivity index (χ1n) is 6.34. The fourth-order valence-electron chi connectivity index (χ4n) is 2.35. The smallest absolute Gasteiger partial charge is 0.225 e. The van der Waals surface area contributed by atoms with Crippen LogP contribution in [0.5, 0.6) is 11.6 Å². The number of pyridine rings is 2. The molecule has 0 spiro atoms. The van der Waals surface area contributed by atoms with Crippen molar-refractivity contribution in [1.82, 2.24) is 13.9 Å². The standard InChI is InChI=1S/C14H10Cl2FN3O2S/c1-21-12-9(15)5-18-14(22-2)11(12)8-6-20(23-17)13-7(8)3-4-10(16)19-13/h3-6H,1-2H3. The second-order valence-corrected chi connectivity index (χ2v) is 5.79. The summed E-state index contributed by atoms with van der Waals surface area (Å²) in [5.41, 5.74) is 1.52. The Kier molecular flexibility index (Phi) is 4.52. The molecule has 3 aromatic heterocycles. The van der Waals surface area contributed by atoms with E-state index in [0.29, 0.717) is 38.8 Å². The number of fused-ring (bicyclic) bond motifs is 1. The van der Waals surface area contributed by atoms with Crippen molar-refractivity contribution >= 4 is 46.6 Å². The van der Waals surface area contributed by atoms with Crippen LogP contribution in [0.25, 0.3) is 22.2 Å². The van der Waals surface area contributed by atoms with Crippen molar-refractivity contribution in [3.05, 3.63) is 34.7 Å². The molecule has 0 unspecified atom stereocenters. The maximum atomic E-state index is 13.3. The third-order valence-electron chi connectivity index (χ3n) is 3.28. The molecule has 0 aliphatic rings. The molecule has 0 saturated carbocycles. The van der Waals surface area contributed by atoms with Crippen LogP contribution >= 0.6 is 35.5 Å². The molecular weight excluding hydrogens is 364 g/mol. The van der Waals surface area contributed by atoms with Gasteiger partial charge in [0.25, 0.3) is 0 Å². The molecular formula is C14H10Cl2FN3O2S. The van der Waals surface area contributed by atoms with Crippen molar-refractivity contribution in [2.45, 2.75) is 0 Å². The van der Waals surface area contributed by atoms with Crippen LogP contribution in [-0.4, -0.2) is 28.2 Å². The Morgan fingerprint density at radius 3 is 2.65 bits per heavy atom. The largest absolute Gasteiger partial charge is 0.494 e. The average Bonchev–Trinajstić information content (AvgIpc) is 2.91. The molecule has 0 amide bonds. The second-order valence-electron chi connectivity index (χ2n) is 4.47. The summed E-state index contributed by atoms with van der Waals surface area (Å²) in [7, 11) is 2.97. The number of aromatic nitrogens is 3. The lowest BCUT2D eigenvalue weighted by Crippen LogP contribution is -1.96. The van der Waals surface area contributed by atoms with Crippen molar-refractivity contribution in [1.29, 1.82) is 0 Å². The minimum atomic E-state index is 0.0141. The molecule has 0 bridgehead atoms. The van der Waals surface area contributed by atoms with Crippen LogP contribution in [0.4, 0.5) is 3.89 Å². The lowest BCUT2D eigenvalue weighted by Gasteiger charge is -2.12. The third-order valence-corrected chi connectivity index (χ3v) is 4.19. The maximum absolute atomic E-state index is 13.3. The number of nitrogens with zero attached hydrogens (tertiary/aromatic N) is 3. The van der Waals surface area contributed by atoms with Gasteiger partial charge in [-0.15, -0.1) is 3.89 Å². The van der Waals surface area contributed by atoms with Crippen molar-refractivity contribution in [3.63, 3.8) is 0 Å². The van der Waals surface area contributed by atoms with Crippen LogP contribution in [0.1, 0.15) is 0 Å². The Bertz CT molecular complexity index is 888. The second kappa shape index (κ2) is 6.43. The highest BCUT2D eigenvalue weighted by atomic mass is 35.5. The highest BCUT2D eigenvalue weighted by molar-refractivity contribution is 7.92. The first kappa shape index (κ1) is 16.2. The third kappa shape index (κ3) is 2.69. The Morgan fingerprint density at radius 1 is 1.22 bits per heavy atom. The van der Waals surface area contributed by atoms with Crippen molar-refractivity contribution < 1.29 is 13.4 Å². The van der Waals surface area contributed by atoms with Crippen molar-refractivity contribution in [3.8, 4) is 22.8 Å². The zero-order valence-electron chi connectivity index (χ0n) is 12.0. The van der Waals surface area contributed by atoms with Gasteiger partial charge in [0, 0.05) is 17.1 Å². The number of rotatable bonds is 4. The summed E-state index contributed by atoms with van der Waals surface area (Å²) < 4.78 is 25.2. The van der Waals surface area contributed by atoms with Crippen molar-refractivity contribution in [2.75, 3.05) is 14.2 Å². The molecule has 0 aliphatic carbocycles. The summed E-state index contributed by atoms with van der Waals surface area (Å²) in [4.78, 5) is 8.31. The summed E-state index contributed by atoms with van der Waals surface area (Å²) in [5.74, 6) is 0.695. The summed E-state index contributed by atoms with van der Waals surface area (Å²) in [5, 5.41) is 1.25. The first-order valence-corrected chi connectivity index (χ1v) is 7.77. The molecule has 9 heteroatoms. The van der Waals surface area contributed by atoms with E-state index in [1.807, 2.05) is 0 Å². The summed E-state index contributed by atoms with van der Waals surface area (Å²) in [6.07, 6.45) is 3.00. The first-order chi connectivity index (χ1) is 11.1. The van der Waals surface area contributed by atoms with Crippen LogP contribution in [0, 0.1) is 0 Å². The van der Waals surface area contributed by atoms with Gasteiger partial charge in [-0.1, -0.05) is 23.2 Å². The van der Waals surface area contributed by atoms with E-state index >= 15 is 0 Å². The van der Waals surface area contributed by atoms with Crippen LogP contribution in [0.2, 0.25) is 10.2 Å². The van der Waals surface area contributed by atoms with Gasteiger partial charge < -0.3 is 9.47 Å². The summed E-state index contributed by atoms with van der Waals surface area (Å²) >= 11 is 12.1. The zero-order valence-corrected chi connectivity index (χ0v) is 14.3. The van der Waals surface area contributed by atoms with Gasteiger partial charge in [0.1, 0.15) is 10.2 Å². The Hall–Kier alpha value is -1.70. The number of hydrogen-bond acceptors (Lipinski definition) is 5. The number of ether oxygens (including phenoxy) is 2. The lowest BCUT2D eigenvalue weighted by atomic mass is 10.1. The monoisotopic (exact) mass is 373 g/mol. The Morgan fingerprint density at radius 2 is 2.00 bits per heavy atom. The van der Waals surface area contributed by atoms with Gasteiger partial charge in [0.2, 0.25) is 5.88 Å². The molecule has 23 heavy (non-hydrogen) atoms. The fourth-order valence-corrected chi connectivity index (χ4v) is 3.06. The molecule has 3 heterocycles. The van der Waals surface area contributed by atoms with Crippen LogP contribution in [0.15, 0.2) is 24.5 Å². The lowest BCUT2D eigenvalue weighted by molar-refractivity contribution is 0.385. The SMILES string of the molecule is COc1ncc(Cl)c(OC)c1-c1cn(SF)c2nc(Cl)ccc12. The molecule has 0 radical (unpaired) electrons. The molecule has 5 nitrogen and oxygen atoms in total. The van der Waals surface area contributed by atoms with Crippen molar-refractivity contribution in [2.24, 2.45) is 0 Å². The number of methoxy groups -OCH3 is 2. The van der Waals surface area contributed by atoms with Gasteiger partial charge >= 0.3 is 0 Å². The van der Waals surface area contributed by atoms with E-state index in [1.165, 1.54) is 24.4 Å². The number of hydrogen-bond donors (Lipinski definition) is 0. The van der Waals surface area contributed by atoms with E-state index in [1.54, 1.807) is 18.3 Å². The number of halogens is 3. The highest BCUT2D eigenvalue weighted by Crippen LogP contribution is 2.45. The van der Waals surface area contributed by atoms with E-state index in [0.717, 1.165) is 0 Å². The summed E-state index contributed by atoms with van der Waals surface area (Å²) in [6, 6.07) is 3.37. The van der Waals surface area contributed by atoms with Crippen LogP contribution in [0.3, 0.4) is 0 Å². The predicted molar refractivity (Wildman–Crippen MR) is 90.2 cm³/mol. The molecule has 120 valence electrons. The fraction of sp³-hybridized carbons (Fsp3) is 0.143. The Labute approximate surface area is 145 Å². The summed E-state index contributed by atoms with van der Waals surface area (Å²) in [6.45, 7) is 0. The minimum absolute atomic E-state index is 0.0141. The van der Waals surface area contributed by atoms with E-state index < -0.39 is 0 Å². The minimum Gasteiger partial charge on any atom is -0.494 e. The zero-order chi connectivity index (χ0) is 16.6. The topological polar surface area (TPSA) is 49.2 Å². The molecule has 0 aliphatic heterocycles. The molecule has 3 rings (SSSR count). The van der Waals surface area contributed by atoms with E-state index in [4.69, 9.17) is 32.7 Å². The van der Waals surface area contributed by atoms with Crippen LogP contribution < -0.4 is 9.47 Å². The predicted octanol–water partition coefficient (Wildman–Crippen LogP) is 4.80. The molecule has 0 N–H and O–H groups in total. The molecule has 0 atom stereocenters. The molecule has 0 aromatic carbocycles. The van der Waals surface area contributed by atoms with Gasteiger partial charge in [-0.25, -0.2) is 13.9 Å². The van der Waals surface area contributed by atoms with E-state index in [9.17, 15) is 3.89 Å². The van der Waals surface area contributed by atoms with Gasteiger partial charge in [0.15, 0.2) is 23.7 Å². The van der Waals surface area contributed by atoms with Crippen LogP contribution in [-0.2, 0) is 0 Å². The van der Waals surface area contributed by atoms with E-state index in [2.05, 4.69) is 9.97 Å². The molecule has 3 aromatic rings. The van der Waals surface area contributed by atoms with E-state index in [-0.39, 0.29) is 17.5 Å². The maximum Gasteiger partial charge on any atom is 0.225 e. The molecule has 0 saturated heterocycles. The average molecular weight is 374 g/mol. The highest BCUT2D eigenvalue weighted by Gasteiger charge is 2.22. The van der Waals surface area contributed by atoms with Gasteiger partial charge in [-0.3, -0.25) is 0 Å². The van der Waals surface area contributed by atoms with Gasteiger partial charge in [0.05, 0.1) is 26.0 Å². The van der Waals surface area contributed by atoms with Gasteiger partial charge in [-0.05, 0) is 12.1 Å². The molecule has 0 fully saturated rings. The Balaban J connectivity index is 2.40. The normalized spacial score (nSPS) is 11.0. The quantitative estimate of drug-likeness (QED) is 0.614. The van der Waals surface area contributed by atoms with Gasteiger partial charge in [-0.2, -0.15) is 0 Å².